The summed E-state index contributed by atoms with van der Waals surface area (Å²) in [5.74, 6) is -2.88. The van der Waals surface area contributed by atoms with Gasteiger partial charge in [0.15, 0.2) is 0 Å². The summed E-state index contributed by atoms with van der Waals surface area (Å²) in [5.41, 5.74) is 4.54. The average Bonchev–Trinajstić information content (AvgIpc) is 2.04. The number of aliphatic carboxylic acids is 2. The molecule has 1 unspecified atom stereocenters. The fourth-order valence-electron chi connectivity index (χ4n) is 0.588. The maximum Gasteiger partial charge on any atom is 0.333 e. The lowest BCUT2D eigenvalue weighted by Gasteiger charge is -2.05. The van der Waals surface area contributed by atoms with Crippen molar-refractivity contribution in [3.05, 3.63) is 24.0 Å². The third kappa shape index (κ3) is 3.39. The van der Waals surface area contributed by atoms with Gasteiger partial charge in [-0.05, 0) is 12.2 Å². The monoisotopic (exact) mass is 187 g/mol. The van der Waals surface area contributed by atoms with Crippen LogP contribution in [0.3, 0.4) is 0 Å². The zero-order chi connectivity index (χ0) is 10.4. The Kier molecular flexibility index (Phi) is 4.25. The van der Waals surface area contributed by atoms with E-state index in [4.69, 9.17) is 21.1 Å². The number of allylic oxidation sites excluding steroid dienone is 2. The van der Waals surface area contributed by atoms with Crippen LogP contribution < -0.4 is 5.73 Å². The van der Waals surface area contributed by atoms with Crippen molar-refractivity contribution >= 4 is 11.9 Å². The molecule has 1 atom stereocenters. The van der Waals surface area contributed by atoms with E-state index in [9.17, 15) is 9.59 Å². The molecule has 0 amide bonds. The molecule has 6 nitrogen and oxygen atoms in total. The van der Waals surface area contributed by atoms with Gasteiger partial charge < -0.3 is 21.1 Å². The second kappa shape index (κ2) is 4.94. The number of nitrogens with two attached hydrogens (primary N) is 1. The molecule has 72 valence electrons. The number of hydrogen-bond acceptors (Lipinski definition) is 4. The van der Waals surface area contributed by atoms with Crippen molar-refractivity contribution < 1.29 is 24.9 Å². The maximum absolute atomic E-state index is 10.4. The topological polar surface area (TPSA) is 121 Å². The molecule has 0 aromatic heterocycles. The van der Waals surface area contributed by atoms with Crippen LogP contribution in [0.25, 0.3) is 0 Å². The SMILES string of the molecule is NC(C(=O)O)/C(=C\C=C\O)C(=O)O. The van der Waals surface area contributed by atoms with Crippen molar-refractivity contribution in [1.29, 1.82) is 0 Å². The van der Waals surface area contributed by atoms with Crippen molar-refractivity contribution in [1.82, 2.24) is 0 Å². The number of carboxylic acids is 2. The minimum Gasteiger partial charge on any atom is -0.516 e. The minimum absolute atomic E-state index is 0.502. The van der Waals surface area contributed by atoms with Crippen LogP contribution in [0.5, 0.6) is 0 Å². The van der Waals surface area contributed by atoms with Crippen molar-refractivity contribution in [2.45, 2.75) is 6.04 Å². The van der Waals surface area contributed by atoms with E-state index in [2.05, 4.69) is 0 Å². The summed E-state index contributed by atoms with van der Waals surface area (Å²) >= 11 is 0. The second-order valence-corrected chi connectivity index (χ2v) is 2.08. The summed E-state index contributed by atoms with van der Waals surface area (Å²) < 4.78 is 0. The highest BCUT2D eigenvalue weighted by molar-refractivity contribution is 5.96. The Labute approximate surface area is 73.6 Å². The minimum atomic E-state index is -1.60. The molecule has 0 aliphatic heterocycles. The molecule has 0 aromatic carbocycles. The van der Waals surface area contributed by atoms with E-state index >= 15 is 0 Å². The lowest BCUT2D eigenvalue weighted by atomic mass is 10.1. The summed E-state index contributed by atoms with van der Waals surface area (Å²) in [5, 5.41) is 25.1. The van der Waals surface area contributed by atoms with E-state index in [0.717, 1.165) is 12.2 Å². The van der Waals surface area contributed by atoms with Gasteiger partial charge >= 0.3 is 11.9 Å². The lowest BCUT2D eigenvalue weighted by Crippen LogP contribution is -2.35. The first kappa shape index (κ1) is 11.2. The zero-order valence-corrected chi connectivity index (χ0v) is 6.54. The van der Waals surface area contributed by atoms with E-state index in [-0.39, 0.29) is 0 Å². The average molecular weight is 187 g/mol. The van der Waals surface area contributed by atoms with Crippen molar-refractivity contribution in [2.75, 3.05) is 0 Å². The van der Waals surface area contributed by atoms with E-state index in [0.29, 0.717) is 6.26 Å². The summed E-state index contributed by atoms with van der Waals surface area (Å²) in [7, 11) is 0. The van der Waals surface area contributed by atoms with Crippen molar-refractivity contribution in [3.8, 4) is 0 Å². The van der Waals surface area contributed by atoms with E-state index in [1.807, 2.05) is 0 Å². The van der Waals surface area contributed by atoms with Crippen LogP contribution in [0.1, 0.15) is 0 Å². The highest BCUT2D eigenvalue weighted by Gasteiger charge is 2.22. The molecule has 5 N–H and O–H groups in total. The molecule has 13 heavy (non-hydrogen) atoms. The molecule has 0 aliphatic carbocycles. The van der Waals surface area contributed by atoms with Gasteiger partial charge in [-0.2, -0.15) is 0 Å². The Morgan fingerprint density at radius 3 is 2.15 bits per heavy atom. The van der Waals surface area contributed by atoms with Crippen LogP contribution in [0.4, 0.5) is 0 Å². The predicted molar refractivity (Wildman–Crippen MR) is 43.1 cm³/mol. The molecule has 0 radical (unpaired) electrons. The Balaban J connectivity index is 4.81. The fourth-order valence-corrected chi connectivity index (χ4v) is 0.588. The number of rotatable bonds is 4. The van der Waals surface area contributed by atoms with Gasteiger partial charge in [-0.3, -0.25) is 4.79 Å². The third-order valence-electron chi connectivity index (χ3n) is 1.21. The molecule has 0 heterocycles. The number of aliphatic hydroxyl groups excluding tert-OH is 1. The van der Waals surface area contributed by atoms with E-state index in [1.165, 1.54) is 0 Å². The number of carboxylic acid groups (broad SMARTS) is 2. The number of hydrogen-bond donors (Lipinski definition) is 4. The molecule has 6 heteroatoms. The van der Waals surface area contributed by atoms with Gasteiger partial charge in [-0.25, -0.2) is 4.79 Å². The Hall–Kier alpha value is -1.82. The van der Waals surface area contributed by atoms with E-state index in [1.54, 1.807) is 0 Å². The number of aliphatic hydroxyl groups is 1. The van der Waals surface area contributed by atoms with Gasteiger partial charge in [0.2, 0.25) is 0 Å². The first-order valence-electron chi connectivity index (χ1n) is 3.23. The first-order chi connectivity index (χ1) is 6.00. The molecule has 0 saturated heterocycles. The largest absolute Gasteiger partial charge is 0.516 e. The lowest BCUT2D eigenvalue weighted by molar-refractivity contribution is -0.141. The second-order valence-electron chi connectivity index (χ2n) is 2.08. The highest BCUT2D eigenvalue weighted by Crippen LogP contribution is 2.01. The summed E-state index contributed by atoms with van der Waals surface area (Å²) in [6, 6.07) is -1.60. The molecular formula is C7H9NO5. The molecule has 0 bridgehead atoms. The zero-order valence-electron chi connectivity index (χ0n) is 6.54. The summed E-state index contributed by atoms with van der Waals surface area (Å²) in [6.45, 7) is 0. The maximum atomic E-state index is 10.4. The van der Waals surface area contributed by atoms with Gasteiger partial charge in [0, 0.05) is 0 Å². The Morgan fingerprint density at radius 1 is 1.31 bits per heavy atom. The highest BCUT2D eigenvalue weighted by atomic mass is 16.4. The molecule has 0 aliphatic rings. The quantitative estimate of drug-likeness (QED) is 0.267. The van der Waals surface area contributed by atoms with Crippen LogP contribution in [0.15, 0.2) is 24.0 Å². The Bertz CT molecular complexity index is 268. The third-order valence-corrected chi connectivity index (χ3v) is 1.21. The van der Waals surface area contributed by atoms with Crippen LogP contribution >= 0.6 is 0 Å². The standard InChI is InChI=1S/C7H9NO5/c8-5(7(12)13)4(6(10)11)2-1-3-9/h1-3,5,9H,8H2,(H,10,11)(H,12,13)/b3-1+,4-2+. The van der Waals surface area contributed by atoms with Gasteiger partial charge in [0.25, 0.3) is 0 Å². The van der Waals surface area contributed by atoms with Crippen LogP contribution in [0.2, 0.25) is 0 Å². The van der Waals surface area contributed by atoms with Crippen LogP contribution in [0, 0.1) is 0 Å². The van der Waals surface area contributed by atoms with Crippen LogP contribution in [-0.4, -0.2) is 33.3 Å². The molecule has 0 spiro atoms. The molecule has 0 saturated carbocycles. The van der Waals surface area contributed by atoms with Gasteiger partial charge in [-0.15, -0.1) is 0 Å². The Morgan fingerprint density at radius 2 is 1.85 bits per heavy atom. The van der Waals surface area contributed by atoms with Crippen LogP contribution in [-0.2, 0) is 9.59 Å². The van der Waals surface area contributed by atoms with Gasteiger partial charge in [-0.1, -0.05) is 0 Å². The van der Waals surface area contributed by atoms with Crippen molar-refractivity contribution in [2.24, 2.45) is 5.73 Å². The van der Waals surface area contributed by atoms with E-state index < -0.39 is 23.6 Å². The molecular weight excluding hydrogens is 178 g/mol. The predicted octanol–water partition coefficient (Wildman–Crippen LogP) is -0.519. The fraction of sp³-hybridized carbons (Fsp3) is 0.143. The smallest absolute Gasteiger partial charge is 0.333 e. The number of carbonyl (C=O) groups is 2. The van der Waals surface area contributed by atoms with Crippen molar-refractivity contribution in [3.63, 3.8) is 0 Å². The summed E-state index contributed by atoms with van der Waals surface area (Å²) in [4.78, 5) is 20.7. The molecule has 0 aromatic rings. The molecule has 0 fully saturated rings. The van der Waals surface area contributed by atoms with Gasteiger partial charge in [0.05, 0.1) is 11.8 Å². The summed E-state index contributed by atoms with van der Waals surface area (Å²) in [6.07, 6.45) is 2.48. The van der Waals surface area contributed by atoms with Gasteiger partial charge in [0.1, 0.15) is 6.04 Å². The normalized spacial score (nSPS) is 14.4. The molecule has 0 rings (SSSR count). The first-order valence-corrected chi connectivity index (χ1v) is 3.23.